The standard InChI is InChI=1S/C23H20N4O3S/c24-22(28)20(16-7-3-1-4-8-16)13-17-14-25-23-19(17)11-12-21(27-23)26-15-31(29,30)18-9-5-2-6-10-18/h1-14H,15H2,(H2,24,28)(H2,25,26,27). The molecule has 0 unspecified atom stereocenters. The molecule has 8 heteroatoms. The zero-order valence-electron chi connectivity index (χ0n) is 16.4. The molecule has 0 saturated heterocycles. The Kier molecular flexibility index (Phi) is 5.55. The highest BCUT2D eigenvalue weighted by Crippen LogP contribution is 2.24. The second-order valence-electron chi connectivity index (χ2n) is 6.87. The number of H-pyrrole nitrogens is 1. The predicted octanol–water partition coefficient (Wildman–Crippen LogP) is 3.43. The van der Waals surface area contributed by atoms with E-state index >= 15 is 0 Å². The van der Waals surface area contributed by atoms with Gasteiger partial charge in [0.1, 0.15) is 17.3 Å². The Morgan fingerprint density at radius 1 is 1.00 bits per heavy atom. The molecule has 31 heavy (non-hydrogen) atoms. The third-order valence-corrected chi connectivity index (χ3v) is 6.28. The van der Waals surface area contributed by atoms with Crippen LogP contribution in [0.3, 0.4) is 0 Å². The minimum Gasteiger partial charge on any atom is -0.366 e. The minimum absolute atomic E-state index is 0.246. The molecule has 0 spiro atoms. The fourth-order valence-electron chi connectivity index (χ4n) is 3.19. The minimum atomic E-state index is -3.48. The summed E-state index contributed by atoms with van der Waals surface area (Å²) in [6.45, 7) is 0. The molecule has 156 valence electrons. The molecule has 0 aliphatic rings. The van der Waals surface area contributed by atoms with Crippen LogP contribution in [0.2, 0.25) is 0 Å². The van der Waals surface area contributed by atoms with Crippen molar-refractivity contribution in [3.05, 3.63) is 90.1 Å². The number of anilines is 1. The van der Waals surface area contributed by atoms with Crippen molar-refractivity contribution in [3.63, 3.8) is 0 Å². The second-order valence-corrected chi connectivity index (χ2v) is 8.86. The fraction of sp³-hybridized carbons (Fsp3) is 0.0435. The Labute approximate surface area is 179 Å². The van der Waals surface area contributed by atoms with Crippen LogP contribution in [0.5, 0.6) is 0 Å². The van der Waals surface area contributed by atoms with Crippen LogP contribution in [0, 0.1) is 0 Å². The van der Waals surface area contributed by atoms with E-state index in [2.05, 4.69) is 15.3 Å². The summed E-state index contributed by atoms with van der Waals surface area (Å²) in [5, 5.41) is 3.64. The molecular formula is C23H20N4O3S. The lowest BCUT2D eigenvalue weighted by Crippen LogP contribution is -2.15. The van der Waals surface area contributed by atoms with Crippen LogP contribution >= 0.6 is 0 Å². The summed E-state index contributed by atoms with van der Waals surface area (Å²) in [7, 11) is -3.48. The highest BCUT2D eigenvalue weighted by molar-refractivity contribution is 7.91. The van der Waals surface area contributed by atoms with Gasteiger partial charge in [0.2, 0.25) is 5.91 Å². The summed E-state index contributed by atoms with van der Waals surface area (Å²) >= 11 is 0. The molecule has 0 radical (unpaired) electrons. The Morgan fingerprint density at radius 2 is 1.68 bits per heavy atom. The molecule has 7 nitrogen and oxygen atoms in total. The van der Waals surface area contributed by atoms with Crippen LogP contribution in [0.4, 0.5) is 5.82 Å². The molecule has 0 aliphatic carbocycles. The summed E-state index contributed by atoms with van der Waals surface area (Å²) < 4.78 is 24.9. The van der Waals surface area contributed by atoms with Crippen molar-refractivity contribution in [2.45, 2.75) is 4.90 Å². The van der Waals surface area contributed by atoms with Crippen LogP contribution in [-0.4, -0.2) is 30.2 Å². The first-order valence-electron chi connectivity index (χ1n) is 9.51. The maximum atomic E-state index is 12.4. The molecule has 2 aromatic heterocycles. The summed E-state index contributed by atoms with van der Waals surface area (Å²) in [6, 6.07) is 20.9. The highest BCUT2D eigenvalue weighted by atomic mass is 32.2. The average molecular weight is 433 g/mol. The number of carbonyl (C=O) groups excluding carboxylic acids is 1. The van der Waals surface area contributed by atoms with Crippen molar-refractivity contribution in [2.24, 2.45) is 5.73 Å². The molecule has 0 fully saturated rings. The molecule has 2 aromatic carbocycles. The van der Waals surface area contributed by atoms with Gasteiger partial charge in [-0.25, -0.2) is 13.4 Å². The summed E-state index contributed by atoms with van der Waals surface area (Å²) in [5.41, 5.74) is 8.01. The number of carbonyl (C=O) groups is 1. The third-order valence-electron chi connectivity index (χ3n) is 4.77. The van der Waals surface area contributed by atoms with E-state index in [-0.39, 0.29) is 10.8 Å². The number of nitrogens with zero attached hydrogens (tertiary/aromatic N) is 1. The lowest BCUT2D eigenvalue weighted by Gasteiger charge is -2.07. The zero-order chi connectivity index (χ0) is 21.8. The van der Waals surface area contributed by atoms with Gasteiger partial charge in [0.15, 0.2) is 9.84 Å². The molecule has 4 N–H and O–H groups in total. The van der Waals surface area contributed by atoms with E-state index in [0.29, 0.717) is 17.0 Å². The first kappa shape index (κ1) is 20.4. The van der Waals surface area contributed by atoms with Crippen molar-refractivity contribution in [1.29, 1.82) is 0 Å². The van der Waals surface area contributed by atoms with Gasteiger partial charge < -0.3 is 16.0 Å². The topological polar surface area (TPSA) is 118 Å². The van der Waals surface area contributed by atoms with E-state index in [1.807, 2.05) is 36.4 Å². The predicted molar refractivity (Wildman–Crippen MR) is 122 cm³/mol. The first-order valence-corrected chi connectivity index (χ1v) is 11.2. The molecule has 4 rings (SSSR count). The highest BCUT2D eigenvalue weighted by Gasteiger charge is 2.15. The number of nitrogens with one attached hydrogen (secondary N) is 2. The molecule has 0 aliphatic heterocycles. The number of amides is 1. The van der Waals surface area contributed by atoms with Crippen LogP contribution in [-0.2, 0) is 14.6 Å². The molecule has 2 heterocycles. The van der Waals surface area contributed by atoms with Gasteiger partial charge in [-0.2, -0.15) is 0 Å². The largest absolute Gasteiger partial charge is 0.366 e. The Morgan fingerprint density at radius 3 is 2.35 bits per heavy atom. The molecule has 0 bridgehead atoms. The van der Waals surface area contributed by atoms with Crippen molar-refractivity contribution in [1.82, 2.24) is 9.97 Å². The van der Waals surface area contributed by atoms with E-state index in [0.717, 1.165) is 16.5 Å². The lowest BCUT2D eigenvalue weighted by molar-refractivity contribution is -0.112. The maximum absolute atomic E-state index is 12.4. The van der Waals surface area contributed by atoms with Crippen molar-refractivity contribution in [2.75, 3.05) is 11.2 Å². The number of primary amides is 1. The summed E-state index contributed by atoms with van der Waals surface area (Å²) in [5.74, 6) is -0.386. The fourth-order valence-corrected chi connectivity index (χ4v) is 4.27. The number of sulfone groups is 1. The Bertz CT molecular complexity index is 1360. The van der Waals surface area contributed by atoms with Crippen molar-refractivity contribution < 1.29 is 13.2 Å². The molecular weight excluding hydrogens is 412 g/mol. The normalized spacial score (nSPS) is 12.1. The Hall–Kier alpha value is -3.91. The van der Waals surface area contributed by atoms with Gasteiger partial charge in [0.05, 0.1) is 4.90 Å². The molecule has 0 saturated carbocycles. The third kappa shape index (κ3) is 4.49. The van der Waals surface area contributed by atoms with Gasteiger partial charge in [0, 0.05) is 22.7 Å². The number of hydrogen-bond acceptors (Lipinski definition) is 5. The van der Waals surface area contributed by atoms with Crippen LogP contribution in [0.15, 0.2) is 83.9 Å². The van der Waals surface area contributed by atoms with Gasteiger partial charge >= 0.3 is 0 Å². The van der Waals surface area contributed by atoms with E-state index in [1.165, 1.54) is 0 Å². The number of nitrogens with two attached hydrogens (primary N) is 1. The van der Waals surface area contributed by atoms with Gasteiger partial charge in [0.25, 0.3) is 0 Å². The number of benzene rings is 2. The van der Waals surface area contributed by atoms with Gasteiger partial charge in [-0.05, 0) is 35.9 Å². The van der Waals surface area contributed by atoms with Crippen molar-refractivity contribution in [3.8, 4) is 0 Å². The number of aromatic amines is 1. The van der Waals surface area contributed by atoms with E-state index in [4.69, 9.17) is 5.73 Å². The number of aromatic nitrogens is 2. The van der Waals surface area contributed by atoms with Crippen LogP contribution in [0.1, 0.15) is 11.1 Å². The van der Waals surface area contributed by atoms with Gasteiger partial charge in [-0.1, -0.05) is 48.5 Å². The number of hydrogen-bond donors (Lipinski definition) is 3. The molecule has 4 aromatic rings. The summed E-state index contributed by atoms with van der Waals surface area (Å²) in [4.78, 5) is 19.7. The first-order chi connectivity index (χ1) is 14.9. The molecule has 1 amide bonds. The molecule has 0 atom stereocenters. The zero-order valence-corrected chi connectivity index (χ0v) is 17.3. The lowest BCUT2D eigenvalue weighted by atomic mass is 10.0. The van der Waals surface area contributed by atoms with Crippen LogP contribution in [0.25, 0.3) is 22.7 Å². The smallest absolute Gasteiger partial charge is 0.249 e. The number of fused-ring (bicyclic) bond motifs is 1. The Balaban J connectivity index is 1.59. The number of pyridine rings is 1. The average Bonchev–Trinajstić information content (AvgIpc) is 3.19. The summed E-state index contributed by atoms with van der Waals surface area (Å²) in [6.07, 6.45) is 3.44. The van der Waals surface area contributed by atoms with E-state index < -0.39 is 15.7 Å². The number of rotatable bonds is 7. The van der Waals surface area contributed by atoms with Gasteiger partial charge in [-0.15, -0.1) is 0 Å². The maximum Gasteiger partial charge on any atom is 0.249 e. The van der Waals surface area contributed by atoms with Crippen molar-refractivity contribution >= 4 is 44.2 Å². The monoisotopic (exact) mass is 432 g/mol. The SMILES string of the molecule is NC(=O)C(=Cc1c[nH]c2nc(NCS(=O)(=O)c3ccccc3)ccc12)c1ccccc1. The van der Waals surface area contributed by atoms with E-state index in [1.54, 1.807) is 48.7 Å². The van der Waals surface area contributed by atoms with Gasteiger partial charge in [-0.3, -0.25) is 4.79 Å². The van der Waals surface area contributed by atoms with Crippen LogP contribution < -0.4 is 11.1 Å². The van der Waals surface area contributed by atoms with E-state index in [9.17, 15) is 13.2 Å². The quantitative estimate of drug-likeness (QED) is 0.387. The second kappa shape index (κ2) is 8.45.